The molecular formula is C30H25NO3. The van der Waals surface area contributed by atoms with Crippen molar-refractivity contribution in [1.82, 2.24) is 0 Å². The lowest BCUT2D eigenvalue weighted by molar-refractivity contribution is 0.0972. The molecule has 0 amide bonds. The fraction of sp³-hybridized carbons (Fsp3) is 0.200. The molecule has 168 valence electrons. The van der Waals surface area contributed by atoms with Crippen molar-refractivity contribution in [3.05, 3.63) is 112 Å². The Morgan fingerprint density at radius 3 is 2.12 bits per heavy atom. The third-order valence-corrected chi connectivity index (χ3v) is 6.59. The van der Waals surface area contributed by atoms with Crippen LogP contribution in [0, 0.1) is 0 Å². The van der Waals surface area contributed by atoms with E-state index in [1.165, 1.54) is 38.2 Å². The van der Waals surface area contributed by atoms with Crippen molar-refractivity contribution in [3.63, 3.8) is 0 Å². The van der Waals surface area contributed by atoms with Gasteiger partial charge in [-0.2, -0.15) is 0 Å². The molecule has 3 aromatic carbocycles. The van der Waals surface area contributed by atoms with Crippen molar-refractivity contribution >= 4 is 29.6 Å². The van der Waals surface area contributed by atoms with Gasteiger partial charge < -0.3 is 0 Å². The Labute approximate surface area is 199 Å². The molecule has 0 heterocycles. The molecule has 4 heteroatoms. The highest BCUT2D eigenvalue weighted by Crippen LogP contribution is 2.30. The number of aliphatic imine (C=N–C) groups is 1. The summed E-state index contributed by atoms with van der Waals surface area (Å²) in [6.07, 6.45) is 11.3. The first-order valence-corrected chi connectivity index (χ1v) is 11.8. The summed E-state index contributed by atoms with van der Waals surface area (Å²) in [6.45, 7) is 0. The van der Waals surface area contributed by atoms with E-state index in [9.17, 15) is 14.4 Å². The molecule has 0 unspecified atom stereocenters. The van der Waals surface area contributed by atoms with Crippen LogP contribution in [-0.2, 0) is 0 Å². The highest BCUT2D eigenvalue weighted by atomic mass is 16.1. The molecule has 0 atom stereocenters. The Kier molecular flexibility index (Phi) is 6.13. The van der Waals surface area contributed by atoms with E-state index in [0.717, 1.165) is 11.1 Å². The fourth-order valence-electron chi connectivity index (χ4n) is 4.73. The second-order valence-electron chi connectivity index (χ2n) is 8.87. The van der Waals surface area contributed by atoms with Gasteiger partial charge in [0.2, 0.25) is 0 Å². The number of carbonyl (C=O) groups excluding carboxylic acids is 3. The zero-order valence-electron chi connectivity index (χ0n) is 18.9. The van der Waals surface area contributed by atoms with Gasteiger partial charge in [-0.25, -0.2) is 0 Å². The average Bonchev–Trinajstić information content (AvgIpc) is 2.90. The summed E-state index contributed by atoms with van der Waals surface area (Å²) < 4.78 is 0. The van der Waals surface area contributed by atoms with Gasteiger partial charge in [-0.15, -0.1) is 0 Å². The van der Waals surface area contributed by atoms with Crippen LogP contribution in [0.4, 0.5) is 0 Å². The molecule has 1 fully saturated rings. The van der Waals surface area contributed by atoms with Crippen molar-refractivity contribution in [1.29, 1.82) is 0 Å². The largest absolute Gasteiger partial charge is 0.289 e. The summed E-state index contributed by atoms with van der Waals surface area (Å²) in [5.41, 5.74) is 3.36. The number of hydrogen-bond donors (Lipinski definition) is 0. The molecule has 0 saturated heterocycles. The Hall–Kier alpha value is -3.92. The number of ketones is 3. The van der Waals surface area contributed by atoms with E-state index >= 15 is 0 Å². The molecule has 4 nitrogen and oxygen atoms in total. The lowest BCUT2D eigenvalue weighted by Gasteiger charge is -2.19. The van der Waals surface area contributed by atoms with Crippen LogP contribution in [0.2, 0.25) is 0 Å². The van der Waals surface area contributed by atoms with Crippen molar-refractivity contribution in [2.45, 2.75) is 38.1 Å². The Morgan fingerprint density at radius 2 is 1.38 bits per heavy atom. The van der Waals surface area contributed by atoms with E-state index in [1.54, 1.807) is 48.5 Å². The monoisotopic (exact) mass is 447 g/mol. The maximum atomic E-state index is 13.1. The number of hydrogen-bond acceptors (Lipinski definition) is 4. The average molecular weight is 448 g/mol. The molecule has 34 heavy (non-hydrogen) atoms. The standard InChI is InChI=1S/C30H25NO3/c32-27(18-17-20-13-15-21(16-14-20)19-31-22-7-2-1-3-8-22)25-11-6-12-26-28(25)30(34)24-10-5-4-9-23(24)29(26)33/h4-6,9-19,22H,1-3,7-8H2/b18-17+,31-19?. The van der Waals surface area contributed by atoms with Crippen molar-refractivity contribution in [2.24, 2.45) is 4.99 Å². The minimum Gasteiger partial charge on any atom is -0.289 e. The van der Waals surface area contributed by atoms with E-state index in [4.69, 9.17) is 4.99 Å². The van der Waals surface area contributed by atoms with Crippen molar-refractivity contribution < 1.29 is 14.4 Å². The normalized spacial score (nSPS) is 16.1. The number of nitrogens with zero attached hydrogens (tertiary/aromatic N) is 1. The molecule has 1 saturated carbocycles. The van der Waals surface area contributed by atoms with E-state index in [1.807, 2.05) is 30.5 Å². The van der Waals surface area contributed by atoms with Gasteiger partial charge in [0.15, 0.2) is 17.3 Å². The first kappa shape index (κ1) is 21.9. The van der Waals surface area contributed by atoms with E-state index in [0.29, 0.717) is 17.2 Å². The summed E-state index contributed by atoms with van der Waals surface area (Å²) in [5, 5.41) is 0. The lowest BCUT2D eigenvalue weighted by Crippen LogP contribution is -2.23. The molecule has 2 aliphatic carbocycles. The quantitative estimate of drug-likeness (QED) is 0.211. The van der Waals surface area contributed by atoms with Crippen LogP contribution in [0.25, 0.3) is 6.08 Å². The summed E-state index contributed by atoms with van der Waals surface area (Å²) in [6, 6.07) is 19.9. The maximum Gasteiger partial charge on any atom is 0.195 e. The molecular weight excluding hydrogens is 422 g/mol. The number of carbonyl (C=O) groups is 3. The second kappa shape index (κ2) is 9.52. The summed E-state index contributed by atoms with van der Waals surface area (Å²) >= 11 is 0. The van der Waals surface area contributed by atoms with E-state index in [2.05, 4.69) is 0 Å². The van der Waals surface area contributed by atoms with Crippen molar-refractivity contribution in [2.75, 3.05) is 0 Å². The van der Waals surface area contributed by atoms with E-state index in [-0.39, 0.29) is 34.0 Å². The topological polar surface area (TPSA) is 63.6 Å². The van der Waals surface area contributed by atoms with Gasteiger partial charge in [0.25, 0.3) is 0 Å². The van der Waals surface area contributed by atoms with Crippen LogP contribution in [0.15, 0.2) is 77.8 Å². The molecule has 0 aromatic heterocycles. The third-order valence-electron chi connectivity index (χ3n) is 6.59. The predicted molar refractivity (Wildman–Crippen MR) is 134 cm³/mol. The molecule has 0 bridgehead atoms. The summed E-state index contributed by atoms with van der Waals surface area (Å²) in [7, 11) is 0. The van der Waals surface area contributed by atoms with Crippen molar-refractivity contribution in [3.8, 4) is 0 Å². The molecule has 0 spiro atoms. The van der Waals surface area contributed by atoms with Crippen LogP contribution < -0.4 is 0 Å². The third kappa shape index (κ3) is 4.32. The number of allylic oxidation sites excluding steroid dienone is 1. The molecule has 0 radical (unpaired) electrons. The number of fused-ring (bicyclic) bond motifs is 2. The van der Waals surface area contributed by atoms with Crippen LogP contribution >= 0.6 is 0 Å². The minimum absolute atomic E-state index is 0.190. The molecule has 0 N–H and O–H groups in total. The van der Waals surface area contributed by atoms with Gasteiger partial charge in [-0.3, -0.25) is 19.4 Å². The van der Waals surface area contributed by atoms with Gasteiger partial charge in [-0.05, 0) is 30.0 Å². The zero-order chi connectivity index (χ0) is 23.5. The Morgan fingerprint density at radius 1 is 0.735 bits per heavy atom. The second-order valence-corrected chi connectivity index (χ2v) is 8.87. The fourth-order valence-corrected chi connectivity index (χ4v) is 4.73. The van der Waals surface area contributed by atoms with Crippen LogP contribution in [-0.4, -0.2) is 29.6 Å². The van der Waals surface area contributed by atoms with Gasteiger partial charge in [0.05, 0.1) is 0 Å². The van der Waals surface area contributed by atoms with Gasteiger partial charge in [-0.1, -0.05) is 92.1 Å². The van der Waals surface area contributed by atoms with Gasteiger partial charge >= 0.3 is 0 Å². The zero-order valence-corrected chi connectivity index (χ0v) is 18.9. The Bertz CT molecular complexity index is 1330. The van der Waals surface area contributed by atoms with Gasteiger partial charge in [0, 0.05) is 40.1 Å². The predicted octanol–water partition coefficient (Wildman–Crippen LogP) is 6.11. The highest BCUT2D eigenvalue weighted by Gasteiger charge is 2.32. The molecule has 5 rings (SSSR count). The van der Waals surface area contributed by atoms with Crippen LogP contribution in [0.1, 0.15) is 85.4 Å². The smallest absolute Gasteiger partial charge is 0.195 e. The number of benzene rings is 3. The van der Waals surface area contributed by atoms with Crippen LogP contribution in [0.3, 0.4) is 0 Å². The molecule has 2 aliphatic rings. The SMILES string of the molecule is O=C(/C=C/c1ccc(C=NC2CCCCC2)cc1)c1cccc2c1C(=O)c1ccccc1C2=O. The molecule has 3 aromatic rings. The number of rotatable bonds is 5. The van der Waals surface area contributed by atoms with E-state index < -0.39 is 0 Å². The first-order valence-electron chi connectivity index (χ1n) is 11.8. The lowest BCUT2D eigenvalue weighted by atomic mass is 9.81. The minimum atomic E-state index is -0.305. The maximum absolute atomic E-state index is 13.1. The van der Waals surface area contributed by atoms with Crippen LogP contribution in [0.5, 0.6) is 0 Å². The first-order chi connectivity index (χ1) is 16.6. The summed E-state index contributed by atoms with van der Waals surface area (Å²) in [5.74, 6) is -0.821. The summed E-state index contributed by atoms with van der Waals surface area (Å²) in [4.78, 5) is 43.8. The Balaban J connectivity index is 1.34. The molecule has 0 aliphatic heterocycles. The highest BCUT2D eigenvalue weighted by molar-refractivity contribution is 6.31. The van der Waals surface area contributed by atoms with Gasteiger partial charge in [0.1, 0.15) is 0 Å².